The zero-order valence-corrected chi connectivity index (χ0v) is 14.2. The Morgan fingerprint density at radius 2 is 2.14 bits per heavy atom. The van der Waals surface area contributed by atoms with Crippen molar-refractivity contribution in [2.45, 2.75) is 38.6 Å². The highest BCUT2D eigenvalue weighted by atomic mass is 79.9. The van der Waals surface area contributed by atoms with Gasteiger partial charge in [-0.2, -0.15) is 0 Å². The summed E-state index contributed by atoms with van der Waals surface area (Å²) in [5.41, 5.74) is 1.32. The lowest BCUT2D eigenvalue weighted by Crippen LogP contribution is -2.43. The molecule has 0 bridgehead atoms. The highest BCUT2D eigenvalue weighted by molar-refractivity contribution is 9.10. The fraction of sp³-hybridized carbons (Fsp3) is 0.412. The highest BCUT2D eigenvalue weighted by Gasteiger charge is 2.28. The zero-order chi connectivity index (χ0) is 15.5. The minimum absolute atomic E-state index is 0.0151. The van der Waals surface area contributed by atoms with E-state index in [9.17, 15) is 4.79 Å². The summed E-state index contributed by atoms with van der Waals surface area (Å²) in [6.07, 6.45) is 4.34. The molecule has 2 heterocycles. The van der Waals surface area contributed by atoms with Gasteiger partial charge in [-0.1, -0.05) is 40.1 Å². The van der Waals surface area contributed by atoms with Crippen LogP contribution in [0.1, 0.15) is 43.1 Å². The molecule has 0 saturated carbocycles. The van der Waals surface area contributed by atoms with E-state index in [0.29, 0.717) is 17.5 Å². The molecule has 116 valence electrons. The first-order valence-corrected chi connectivity index (χ1v) is 8.52. The van der Waals surface area contributed by atoms with Gasteiger partial charge in [-0.3, -0.25) is 4.79 Å². The van der Waals surface area contributed by atoms with E-state index in [1.165, 1.54) is 6.42 Å². The molecule has 4 nitrogen and oxygen atoms in total. The molecule has 0 N–H and O–H groups in total. The van der Waals surface area contributed by atoms with Crippen LogP contribution >= 0.6 is 15.9 Å². The number of carbonyl (C=O) groups excluding carboxylic acids is 1. The number of amides is 1. The Balaban J connectivity index is 1.80. The topological polar surface area (TPSA) is 46.3 Å². The van der Waals surface area contributed by atoms with Gasteiger partial charge in [0.1, 0.15) is 0 Å². The van der Waals surface area contributed by atoms with Gasteiger partial charge in [-0.05, 0) is 37.8 Å². The SMILES string of the molecule is CCC1CCCCN1C(=O)c1cc(-c2ccc(Br)cc2)on1. The predicted octanol–water partition coefficient (Wildman–Crippen LogP) is 4.51. The van der Waals surface area contributed by atoms with Crippen molar-refractivity contribution in [2.24, 2.45) is 0 Å². The average Bonchev–Trinajstić information content (AvgIpc) is 3.05. The standard InChI is InChI=1S/C17H19BrN2O2/c1-2-14-5-3-4-10-20(14)17(21)15-11-16(22-19-15)12-6-8-13(18)9-7-12/h6-9,11,14H,2-5,10H2,1H3. The minimum Gasteiger partial charge on any atom is -0.355 e. The van der Waals surface area contributed by atoms with Crippen molar-refractivity contribution in [2.75, 3.05) is 6.54 Å². The van der Waals surface area contributed by atoms with Crippen LogP contribution in [0.4, 0.5) is 0 Å². The van der Waals surface area contributed by atoms with Crippen LogP contribution in [0.5, 0.6) is 0 Å². The molecule has 1 unspecified atom stereocenters. The Kier molecular flexibility index (Phi) is 4.62. The van der Waals surface area contributed by atoms with E-state index in [-0.39, 0.29) is 5.91 Å². The molecule has 1 amide bonds. The molecule has 1 aliphatic heterocycles. The number of halogens is 1. The second kappa shape index (κ2) is 6.65. The minimum atomic E-state index is -0.0151. The van der Waals surface area contributed by atoms with Gasteiger partial charge in [0.2, 0.25) is 0 Å². The first kappa shape index (κ1) is 15.3. The quantitative estimate of drug-likeness (QED) is 0.806. The van der Waals surface area contributed by atoms with Crippen molar-refractivity contribution in [3.63, 3.8) is 0 Å². The Bertz CT molecular complexity index is 651. The molecule has 0 aliphatic carbocycles. The van der Waals surface area contributed by atoms with Crippen LogP contribution in [0, 0.1) is 0 Å². The molecular formula is C17H19BrN2O2. The summed E-state index contributed by atoms with van der Waals surface area (Å²) in [4.78, 5) is 14.6. The van der Waals surface area contributed by atoms with Crippen LogP contribution in [-0.4, -0.2) is 28.6 Å². The molecule has 0 spiro atoms. The molecule has 22 heavy (non-hydrogen) atoms. The van der Waals surface area contributed by atoms with Gasteiger partial charge in [0.05, 0.1) is 0 Å². The van der Waals surface area contributed by atoms with Gasteiger partial charge in [-0.15, -0.1) is 0 Å². The van der Waals surface area contributed by atoms with Gasteiger partial charge in [-0.25, -0.2) is 0 Å². The Labute approximate surface area is 138 Å². The summed E-state index contributed by atoms with van der Waals surface area (Å²) < 4.78 is 6.36. The van der Waals surface area contributed by atoms with Gasteiger partial charge in [0.25, 0.3) is 5.91 Å². The van der Waals surface area contributed by atoms with Crippen molar-refractivity contribution >= 4 is 21.8 Å². The number of carbonyl (C=O) groups is 1. The van der Waals surface area contributed by atoms with Crippen LogP contribution in [0.2, 0.25) is 0 Å². The summed E-state index contributed by atoms with van der Waals surface area (Å²) in [6.45, 7) is 2.95. The van der Waals surface area contributed by atoms with Crippen LogP contribution in [-0.2, 0) is 0 Å². The number of nitrogens with zero attached hydrogens (tertiary/aromatic N) is 2. The van der Waals surface area contributed by atoms with Crippen LogP contribution in [0.25, 0.3) is 11.3 Å². The van der Waals surface area contributed by atoms with Crippen molar-refractivity contribution in [1.29, 1.82) is 0 Å². The Hall–Kier alpha value is -1.62. The maximum Gasteiger partial charge on any atom is 0.276 e. The molecule has 3 rings (SSSR count). The normalized spacial score (nSPS) is 18.5. The molecule has 1 aromatic heterocycles. The van der Waals surface area contributed by atoms with Crippen LogP contribution in [0.15, 0.2) is 39.3 Å². The molecule has 0 radical (unpaired) electrons. The van der Waals surface area contributed by atoms with E-state index >= 15 is 0 Å². The van der Waals surface area contributed by atoms with Crippen LogP contribution in [0.3, 0.4) is 0 Å². The smallest absolute Gasteiger partial charge is 0.276 e. The predicted molar refractivity (Wildman–Crippen MR) is 88.6 cm³/mol. The second-order valence-corrected chi connectivity index (χ2v) is 6.56. The van der Waals surface area contributed by atoms with Gasteiger partial charge in [0.15, 0.2) is 11.5 Å². The van der Waals surface area contributed by atoms with E-state index in [1.54, 1.807) is 6.07 Å². The Morgan fingerprint density at radius 3 is 2.86 bits per heavy atom. The first-order chi connectivity index (χ1) is 10.7. The molecular weight excluding hydrogens is 344 g/mol. The third-order valence-corrected chi connectivity index (χ3v) is 4.75. The highest BCUT2D eigenvalue weighted by Crippen LogP contribution is 2.25. The van der Waals surface area contributed by atoms with Crippen molar-refractivity contribution in [3.05, 3.63) is 40.5 Å². The zero-order valence-electron chi connectivity index (χ0n) is 12.6. The third-order valence-electron chi connectivity index (χ3n) is 4.22. The van der Waals surface area contributed by atoms with Gasteiger partial charge in [0, 0.05) is 28.7 Å². The van der Waals surface area contributed by atoms with Crippen LogP contribution < -0.4 is 0 Å². The lowest BCUT2D eigenvalue weighted by molar-refractivity contribution is 0.0597. The Morgan fingerprint density at radius 1 is 1.36 bits per heavy atom. The molecule has 1 fully saturated rings. The number of rotatable bonds is 3. The number of piperidine rings is 1. The maximum atomic E-state index is 12.7. The fourth-order valence-electron chi connectivity index (χ4n) is 2.97. The number of hydrogen-bond donors (Lipinski definition) is 0. The summed E-state index contributed by atoms with van der Waals surface area (Å²) in [7, 11) is 0. The molecule has 1 aromatic carbocycles. The third kappa shape index (κ3) is 3.09. The summed E-state index contributed by atoms with van der Waals surface area (Å²) in [6, 6.07) is 9.83. The van der Waals surface area contributed by atoms with Gasteiger partial charge >= 0.3 is 0 Å². The number of aromatic nitrogens is 1. The maximum absolute atomic E-state index is 12.7. The molecule has 2 aromatic rings. The van der Waals surface area contributed by atoms with E-state index in [2.05, 4.69) is 28.0 Å². The molecule has 5 heteroatoms. The van der Waals surface area contributed by atoms with Crippen molar-refractivity contribution in [1.82, 2.24) is 10.1 Å². The van der Waals surface area contributed by atoms with Gasteiger partial charge < -0.3 is 9.42 Å². The molecule has 1 saturated heterocycles. The average molecular weight is 363 g/mol. The largest absolute Gasteiger partial charge is 0.355 e. The number of likely N-dealkylation sites (tertiary alicyclic amines) is 1. The number of benzene rings is 1. The summed E-state index contributed by atoms with van der Waals surface area (Å²) >= 11 is 3.41. The lowest BCUT2D eigenvalue weighted by atomic mass is 9.99. The summed E-state index contributed by atoms with van der Waals surface area (Å²) in [5.74, 6) is 0.611. The molecule has 1 atom stereocenters. The second-order valence-electron chi connectivity index (χ2n) is 5.64. The lowest BCUT2D eigenvalue weighted by Gasteiger charge is -2.34. The number of hydrogen-bond acceptors (Lipinski definition) is 3. The molecule has 1 aliphatic rings. The fourth-order valence-corrected chi connectivity index (χ4v) is 3.23. The van der Waals surface area contributed by atoms with Crippen molar-refractivity contribution < 1.29 is 9.32 Å². The van der Waals surface area contributed by atoms with E-state index in [1.807, 2.05) is 29.2 Å². The van der Waals surface area contributed by atoms with E-state index < -0.39 is 0 Å². The van der Waals surface area contributed by atoms with E-state index in [4.69, 9.17) is 4.52 Å². The monoisotopic (exact) mass is 362 g/mol. The van der Waals surface area contributed by atoms with Crippen molar-refractivity contribution in [3.8, 4) is 11.3 Å². The summed E-state index contributed by atoms with van der Waals surface area (Å²) in [5, 5.41) is 3.98. The van der Waals surface area contributed by atoms with E-state index in [0.717, 1.165) is 35.8 Å². The first-order valence-electron chi connectivity index (χ1n) is 7.72.